The standard InChI is InChI=1S/C21H25NO2.C20H23NO3.C20H23NO2.C19H21NO3.C19H21NO2.4Y/c1-4-9-22-10-8-15-11-16(23-2)13-17-20(15)18(22)12-14-6-5-7-19(24-3)21(14)17;1-4-21-8-7-13-9-14(23-2)11-15-18(13)16(21)10-12-5-6-17(22)20(24-3)19(12)15;1-4-21-9-8-14-10-15(22-2)12-16-19(14)17(21)11-13-6-5-7-18(23-3)20(13)16;1-20-7-6-12-8-13(22-2)10-14-17(12)15(20)9-11-4-5-16(21)19(23-3)18(11)14;1-20-8-7-13-9-14(21-2)11-15-18(13)16(20)10-12-5-4-6-17(22-3)19(12)15;;;;/h5-7,11,13,18H,4,8-10,12H2,1-3H3;5-6,9,11,16,22H,4,7-8,10H2,1-3H3;5-7,10,12,17H,4,8-9,11H2,1-3H3;4-5,8,10,15,21H,6-7,9H2,1-3H3;4-6,9,11,16H,7-8,10H2,1-3H3;;;;/t18-;16-;17-;15-;16-;;;;/m11111..../s1. The van der Waals surface area contributed by atoms with Gasteiger partial charge in [0, 0.05) is 222 Å². The predicted octanol–water partition coefficient (Wildman–Crippen LogP) is 18.2. The first-order chi connectivity index (χ1) is 56.6. The molecule has 0 unspecified atom stereocenters. The minimum Gasteiger partial charge on any atom is -0.504 e. The molecule has 0 saturated carbocycles. The van der Waals surface area contributed by atoms with Crippen LogP contribution in [0, 0.1) is 0 Å². The number of rotatable bonds is 14. The van der Waals surface area contributed by atoms with E-state index >= 15 is 0 Å². The summed E-state index contributed by atoms with van der Waals surface area (Å²) < 4.78 is 55.8. The zero-order valence-electron chi connectivity index (χ0n) is 72.6. The van der Waals surface area contributed by atoms with Gasteiger partial charge in [-0.15, -0.1) is 0 Å². The summed E-state index contributed by atoms with van der Waals surface area (Å²) in [6.07, 6.45) is 11.6. The molecular formula is C99H113N5O12Y4. The number of methoxy groups -OCH3 is 10. The largest absolute Gasteiger partial charge is 0.504 e. The van der Waals surface area contributed by atoms with Gasteiger partial charge in [0.2, 0.25) is 0 Å². The van der Waals surface area contributed by atoms with Gasteiger partial charge < -0.3 is 57.6 Å². The number of phenols is 2. The Labute approximate surface area is 810 Å². The zero-order chi connectivity index (χ0) is 80.9. The van der Waals surface area contributed by atoms with Crippen molar-refractivity contribution in [2.45, 2.75) is 122 Å². The van der Waals surface area contributed by atoms with E-state index in [0.717, 1.165) is 185 Å². The van der Waals surface area contributed by atoms with E-state index in [1.165, 1.54) is 123 Å². The van der Waals surface area contributed by atoms with Crippen molar-refractivity contribution in [1.82, 2.24) is 24.5 Å². The summed E-state index contributed by atoms with van der Waals surface area (Å²) in [6, 6.07) is 50.6. The van der Waals surface area contributed by atoms with Gasteiger partial charge in [-0.3, -0.25) is 24.5 Å². The van der Waals surface area contributed by atoms with E-state index in [0.29, 0.717) is 41.7 Å². The number of hydrogen-bond donors (Lipinski definition) is 2. The van der Waals surface area contributed by atoms with E-state index < -0.39 is 0 Å². The van der Waals surface area contributed by atoms with Crippen molar-refractivity contribution in [2.24, 2.45) is 0 Å². The van der Waals surface area contributed by atoms with E-state index in [-0.39, 0.29) is 142 Å². The van der Waals surface area contributed by atoms with Crippen LogP contribution in [0.1, 0.15) is 141 Å². The Morgan fingerprint density at radius 3 is 0.842 bits per heavy atom. The van der Waals surface area contributed by atoms with Crippen molar-refractivity contribution in [3.63, 3.8) is 0 Å². The van der Waals surface area contributed by atoms with E-state index in [1.807, 2.05) is 12.1 Å². The molecule has 0 amide bonds. The number of phenolic OH excluding ortho intramolecular Hbond substituents is 2. The second kappa shape index (κ2) is 40.5. The molecule has 0 fully saturated rings. The first-order valence-electron chi connectivity index (χ1n) is 41.5. The number of hydrogen-bond acceptors (Lipinski definition) is 17. The Kier molecular flexibility index (Phi) is 31.5. The van der Waals surface area contributed by atoms with Crippen LogP contribution in [-0.4, -0.2) is 172 Å². The van der Waals surface area contributed by atoms with Crippen LogP contribution in [0.25, 0.3) is 55.6 Å². The number of likely N-dealkylation sites (N-methyl/N-ethyl adjacent to an activating group) is 4. The van der Waals surface area contributed by atoms with Crippen LogP contribution in [-0.2, 0) is 195 Å². The van der Waals surface area contributed by atoms with Crippen LogP contribution in [0.5, 0.6) is 69.0 Å². The summed E-state index contributed by atoms with van der Waals surface area (Å²) in [5, 5.41) is 20.5. The Balaban J connectivity index is 0.000000136. The van der Waals surface area contributed by atoms with Crippen molar-refractivity contribution in [3.05, 3.63) is 223 Å². The third-order valence-corrected chi connectivity index (χ3v) is 26.5. The third-order valence-electron chi connectivity index (χ3n) is 26.5. The molecule has 17 nitrogen and oxygen atoms in total. The maximum Gasteiger partial charge on any atom is 0.168 e. The second-order valence-electron chi connectivity index (χ2n) is 32.1. The zero-order valence-corrected chi connectivity index (χ0v) is 84.0. The van der Waals surface area contributed by atoms with Gasteiger partial charge in [-0.2, -0.15) is 0 Å². The number of ether oxygens (including phenoxy) is 10. The summed E-state index contributed by atoms with van der Waals surface area (Å²) in [4.78, 5) is 12.7. The van der Waals surface area contributed by atoms with Gasteiger partial charge >= 0.3 is 0 Å². The van der Waals surface area contributed by atoms with Crippen LogP contribution in [0.3, 0.4) is 0 Å². The maximum absolute atomic E-state index is 10.3. The van der Waals surface area contributed by atoms with Crippen LogP contribution >= 0.6 is 0 Å². The first-order valence-corrected chi connectivity index (χ1v) is 41.5. The molecule has 10 aromatic carbocycles. The van der Waals surface area contributed by atoms with Gasteiger partial charge in [-0.05, 0) is 307 Å². The SMILES string of the molecule is CCCN1CCc2cc(OC)cc3c2[C@H]1Cc1cccc(OC)c1-3.CCN1CCc2cc(OC)cc3c2[C@H]1Cc1ccc(O)c(OC)c1-3.CCN1CCc2cc(OC)cc3c2[C@H]1Cc1cccc(OC)c1-3.COc1cc2c3c(c1)-c1c(ccc(O)c1OC)C[C@H]3N(C)CC2.COc1cc2c3c(c1)-c1c(cccc1OC)C[C@H]3N(C)CC2.[Y].[Y].[Y].[Y]. The average Bonchev–Trinajstić information content (AvgIpc) is 0.755. The second-order valence-corrected chi connectivity index (χ2v) is 32.1. The van der Waals surface area contributed by atoms with E-state index in [4.69, 9.17) is 47.4 Å². The molecule has 10 aromatic rings. The van der Waals surface area contributed by atoms with E-state index in [2.05, 4.69) is 175 Å². The monoisotopic (exact) mass is 1920 g/mol. The summed E-state index contributed by atoms with van der Waals surface area (Å²) in [5.74, 6) is 8.95. The molecule has 618 valence electrons. The third kappa shape index (κ3) is 17.4. The molecule has 120 heavy (non-hydrogen) atoms. The van der Waals surface area contributed by atoms with Crippen molar-refractivity contribution in [3.8, 4) is 125 Å². The van der Waals surface area contributed by atoms with Crippen molar-refractivity contribution in [2.75, 3.05) is 138 Å². The van der Waals surface area contributed by atoms with Gasteiger partial charge in [0.15, 0.2) is 23.0 Å². The number of aromatic hydroxyl groups is 2. The first kappa shape index (κ1) is 93.2. The van der Waals surface area contributed by atoms with Crippen LogP contribution in [0.4, 0.5) is 0 Å². The van der Waals surface area contributed by atoms with Gasteiger partial charge in [-0.1, -0.05) is 69.3 Å². The normalized spacial score (nSPS) is 18.3. The Morgan fingerprint density at radius 2 is 0.558 bits per heavy atom. The quantitative estimate of drug-likeness (QED) is 0.106. The fraction of sp³-hybridized carbons (Fsp3) is 0.394. The Hall–Kier alpha value is -5.98. The van der Waals surface area contributed by atoms with E-state index in [1.54, 1.807) is 83.2 Å². The van der Waals surface area contributed by atoms with E-state index in [9.17, 15) is 10.2 Å². The van der Waals surface area contributed by atoms with Gasteiger partial charge in [-0.25, -0.2) is 0 Å². The minimum atomic E-state index is 0. The summed E-state index contributed by atoms with van der Waals surface area (Å²) in [5.41, 5.74) is 32.7. The Bertz CT molecular complexity index is 5390. The molecule has 20 rings (SSSR count). The maximum atomic E-state index is 10.3. The number of nitrogens with zero attached hydrogens (tertiary/aromatic N) is 5. The molecule has 5 aliphatic carbocycles. The minimum absolute atomic E-state index is 0. The topological polar surface area (TPSA) is 149 Å². The van der Waals surface area contributed by atoms with Crippen LogP contribution in [0.15, 0.2) is 140 Å². The fourth-order valence-corrected chi connectivity index (χ4v) is 21.0. The molecule has 5 aliphatic heterocycles. The molecule has 5 atom stereocenters. The average molecular weight is 1920 g/mol. The molecule has 0 aromatic heterocycles. The van der Waals surface area contributed by atoms with Gasteiger partial charge in [0.25, 0.3) is 0 Å². The molecule has 2 N–H and O–H groups in total. The predicted molar refractivity (Wildman–Crippen MR) is 461 cm³/mol. The Morgan fingerprint density at radius 1 is 0.292 bits per heavy atom. The molecule has 5 heterocycles. The van der Waals surface area contributed by atoms with Crippen molar-refractivity contribution >= 4 is 0 Å². The summed E-state index contributed by atoms with van der Waals surface area (Å²) in [7, 11) is 21.6. The number of benzene rings is 10. The smallest absolute Gasteiger partial charge is 0.168 e. The van der Waals surface area contributed by atoms with Gasteiger partial charge in [0.05, 0.1) is 71.1 Å². The molecule has 0 spiro atoms. The summed E-state index contributed by atoms with van der Waals surface area (Å²) in [6.45, 7) is 15.5. The van der Waals surface area contributed by atoms with Crippen molar-refractivity contribution < 1.29 is 188 Å². The molecule has 21 heteroatoms. The van der Waals surface area contributed by atoms with Crippen molar-refractivity contribution in [1.29, 1.82) is 0 Å². The van der Waals surface area contributed by atoms with Gasteiger partial charge in [0.1, 0.15) is 46.0 Å². The molecule has 0 saturated heterocycles. The van der Waals surface area contributed by atoms with Crippen LogP contribution in [0.2, 0.25) is 0 Å². The fourth-order valence-electron chi connectivity index (χ4n) is 21.0. The molecule has 4 radical (unpaired) electrons. The number of fused-ring (bicyclic) bond motifs is 10. The van der Waals surface area contributed by atoms with Crippen LogP contribution < -0.4 is 47.4 Å². The molecule has 10 aliphatic rings. The molecule has 0 bridgehead atoms. The summed E-state index contributed by atoms with van der Waals surface area (Å²) >= 11 is 0. The molecular weight excluding hydrogens is 1810 g/mol.